The second-order valence-corrected chi connectivity index (χ2v) is 10.6. The molecule has 0 fully saturated rings. The second kappa shape index (κ2) is 12.8. The minimum Gasteiger partial charge on any atom is -0.497 e. The number of unbranched alkanes of at least 4 members (excludes halogenated alkanes) is 7. The third-order valence-corrected chi connectivity index (χ3v) is 7.82. The summed E-state index contributed by atoms with van der Waals surface area (Å²) in [5.74, 6) is 1.31. The number of rotatable bonds is 15. The summed E-state index contributed by atoms with van der Waals surface area (Å²) in [5, 5.41) is 9.73. The van der Waals surface area contributed by atoms with Crippen LogP contribution in [0.1, 0.15) is 62.5 Å². The predicted octanol–water partition coefficient (Wildman–Crippen LogP) is 5.69. The van der Waals surface area contributed by atoms with Crippen molar-refractivity contribution in [3.05, 3.63) is 59.8 Å². The highest BCUT2D eigenvalue weighted by Crippen LogP contribution is 2.33. The van der Waals surface area contributed by atoms with Crippen LogP contribution in [0.2, 0.25) is 0 Å². The molecular formula is C27H37NO5S. The molecule has 0 radical (unpaired) electrons. The van der Waals surface area contributed by atoms with Crippen molar-refractivity contribution in [1.29, 1.82) is 0 Å². The van der Waals surface area contributed by atoms with E-state index in [1.54, 1.807) is 44.7 Å². The minimum atomic E-state index is -3.61. The molecule has 0 amide bonds. The lowest BCUT2D eigenvalue weighted by Gasteiger charge is -2.09. The van der Waals surface area contributed by atoms with Crippen molar-refractivity contribution in [3.63, 3.8) is 0 Å². The molecule has 0 aliphatic carbocycles. The van der Waals surface area contributed by atoms with Crippen molar-refractivity contribution >= 4 is 20.9 Å². The zero-order chi connectivity index (χ0) is 24.4. The Kier molecular flexibility index (Phi) is 9.84. The maximum atomic E-state index is 13.4. The van der Waals surface area contributed by atoms with Crippen LogP contribution in [0.5, 0.6) is 11.5 Å². The molecule has 7 heteroatoms. The fourth-order valence-corrected chi connectivity index (χ4v) is 5.87. The Morgan fingerprint density at radius 2 is 1.47 bits per heavy atom. The molecule has 0 aliphatic rings. The molecule has 0 unspecified atom stereocenters. The summed E-state index contributed by atoms with van der Waals surface area (Å²) in [6.45, 7) is 0.285. The average molecular weight is 488 g/mol. The third kappa shape index (κ3) is 6.76. The van der Waals surface area contributed by atoms with Gasteiger partial charge in [0, 0.05) is 18.2 Å². The first-order valence-electron chi connectivity index (χ1n) is 12.1. The monoisotopic (exact) mass is 487 g/mol. The highest BCUT2D eigenvalue weighted by atomic mass is 32.2. The van der Waals surface area contributed by atoms with Crippen LogP contribution in [-0.2, 0) is 22.2 Å². The summed E-state index contributed by atoms with van der Waals surface area (Å²) in [6.07, 6.45) is 11.5. The largest absolute Gasteiger partial charge is 0.497 e. The summed E-state index contributed by atoms with van der Waals surface area (Å²) < 4.78 is 39.0. The average Bonchev–Trinajstić information content (AvgIpc) is 3.23. The van der Waals surface area contributed by atoms with E-state index in [1.165, 1.54) is 29.7 Å². The van der Waals surface area contributed by atoms with Gasteiger partial charge in [0.1, 0.15) is 11.5 Å². The van der Waals surface area contributed by atoms with E-state index >= 15 is 0 Å². The van der Waals surface area contributed by atoms with Gasteiger partial charge >= 0.3 is 0 Å². The van der Waals surface area contributed by atoms with E-state index in [0.29, 0.717) is 22.6 Å². The Balaban J connectivity index is 1.72. The zero-order valence-corrected chi connectivity index (χ0v) is 21.1. The van der Waals surface area contributed by atoms with E-state index < -0.39 is 10.0 Å². The van der Waals surface area contributed by atoms with E-state index in [0.717, 1.165) is 43.1 Å². The Morgan fingerprint density at radius 1 is 0.824 bits per heavy atom. The van der Waals surface area contributed by atoms with Crippen molar-refractivity contribution in [3.8, 4) is 11.5 Å². The molecule has 3 aromatic rings. The molecule has 1 heterocycles. The van der Waals surface area contributed by atoms with Gasteiger partial charge in [-0.15, -0.1) is 0 Å². The molecule has 1 N–H and O–H groups in total. The Hall–Kier alpha value is -2.51. The molecule has 1 aromatic heterocycles. The Morgan fingerprint density at radius 3 is 2.09 bits per heavy atom. The number of hydrogen-bond acceptors (Lipinski definition) is 5. The molecule has 0 atom stereocenters. The second-order valence-electron chi connectivity index (χ2n) is 8.71. The Bertz CT molecular complexity index is 1140. The van der Waals surface area contributed by atoms with Gasteiger partial charge in [0.05, 0.1) is 25.5 Å². The zero-order valence-electron chi connectivity index (χ0n) is 20.3. The fourth-order valence-electron chi connectivity index (χ4n) is 4.38. The number of nitrogens with zero attached hydrogens (tertiary/aromatic N) is 1. The third-order valence-electron chi connectivity index (χ3n) is 6.22. The normalized spacial score (nSPS) is 11.7. The van der Waals surface area contributed by atoms with Gasteiger partial charge in [-0.1, -0.05) is 56.7 Å². The number of aliphatic hydroxyl groups is 1. The highest BCUT2D eigenvalue weighted by Gasteiger charge is 2.21. The van der Waals surface area contributed by atoms with Crippen LogP contribution in [0, 0.1) is 0 Å². The number of fused-ring (bicyclic) bond motifs is 1. The summed E-state index contributed by atoms with van der Waals surface area (Å²) >= 11 is 0. The van der Waals surface area contributed by atoms with Crippen LogP contribution in [0.4, 0.5) is 0 Å². The molecular weight excluding hydrogens is 450 g/mol. The van der Waals surface area contributed by atoms with E-state index in [-0.39, 0.29) is 12.4 Å². The first kappa shape index (κ1) is 26.1. The van der Waals surface area contributed by atoms with Crippen molar-refractivity contribution < 1.29 is 23.0 Å². The van der Waals surface area contributed by atoms with Gasteiger partial charge < -0.3 is 14.6 Å². The molecule has 3 rings (SSSR count). The van der Waals surface area contributed by atoms with Gasteiger partial charge in [0.15, 0.2) is 0 Å². The lowest BCUT2D eigenvalue weighted by atomic mass is 10.0. The summed E-state index contributed by atoms with van der Waals surface area (Å²) in [6, 6.07) is 12.7. The maximum Gasteiger partial charge on any atom is 0.243 e. The molecule has 6 nitrogen and oxygen atoms in total. The molecule has 186 valence electrons. The van der Waals surface area contributed by atoms with Crippen molar-refractivity contribution in [2.24, 2.45) is 0 Å². The van der Waals surface area contributed by atoms with Crippen LogP contribution in [0.25, 0.3) is 10.9 Å². The molecule has 0 bridgehead atoms. The van der Waals surface area contributed by atoms with Crippen molar-refractivity contribution in [1.82, 2.24) is 3.97 Å². The molecule has 2 aromatic carbocycles. The highest BCUT2D eigenvalue weighted by molar-refractivity contribution is 7.89. The van der Waals surface area contributed by atoms with E-state index in [1.807, 2.05) is 18.2 Å². The van der Waals surface area contributed by atoms with Gasteiger partial charge in [-0.05, 0) is 54.7 Å². The quantitative estimate of drug-likeness (QED) is 0.279. The van der Waals surface area contributed by atoms with E-state index in [4.69, 9.17) is 14.6 Å². The minimum absolute atomic E-state index is 0.0896. The van der Waals surface area contributed by atoms with Crippen molar-refractivity contribution in [2.75, 3.05) is 20.8 Å². The van der Waals surface area contributed by atoms with Crippen LogP contribution in [-0.4, -0.2) is 38.3 Å². The van der Waals surface area contributed by atoms with Crippen molar-refractivity contribution in [2.45, 2.75) is 63.5 Å². The van der Waals surface area contributed by atoms with E-state index in [9.17, 15) is 8.42 Å². The summed E-state index contributed by atoms with van der Waals surface area (Å²) in [4.78, 5) is 0. The smallest absolute Gasteiger partial charge is 0.243 e. The molecule has 0 spiro atoms. The van der Waals surface area contributed by atoms with Gasteiger partial charge in [0.2, 0.25) is 10.0 Å². The Labute approximate surface area is 203 Å². The molecule has 0 saturated heterocycles. The summed E-state index contributed by atoms with van der Waals surface area (Å²) in [5.41, 5.74) is 2.38. The fraction of sp³-hybridized carbons (Fsp3) is 0.481. The first-order valence-corrected chi connectivity index (χ1v) is 13.7. The topological polar surface area (TPSA) is 77.8 Å². The lowest BCUT2D eigenvalue weighted by molar-refractivity contribution is 0.282. The maximum absolute atomic E-state index is 13.4. The number of aromatic nitrogens is 1. The first-order chi connectivity index (χ1) is 16.5. The molecule has 0 saturated carbocycles. The van der Waals surface area contributed by atoms with Crippen LogP contribution in [0.15, 0.2) is 48.7 Å². The summed E-state index contributed by atoms with van der Waals surface area (Å²) in [7, 11) is -0.399. The van der Waals surface area contributed by atoms with Gasteiger partial charge in [-0.25, -0.2) is 12.4 Å². The molecule has 34 heavy (non-hydrogen) atoms. The van der Waals surface area contributed by atoms with Gasteiger partial charge in [-0.3, -0.25) is 0 Å². The predicted molar refractivity (Wildman–Crippen MR) is 137 cm³/mol. The van der Waals surface area contributed by atoms with Crippen LogP contribution < -0.4 is 9.47 Å². The number of aryl methyl sites for hydroxylation is 1. The van der Waals surface area contributed by atoms with Crippen LogP contribution >= 0.6 is 0 Å². The number of aliphatic hydroxyl groups excluding tert-OH is 1. The number of hydrogen-bond donors (Lipinski definition) is 1. The number of benzene rings is 2. The molecule has 0 aliphatic heterocycles. The van der Waals surface area contributed by atoms with Gasteiger partial charge in [0.25, 0.3) is 0 Å². The van der Waals surface area contributed by atoms with Gasteiger partial charge in [-0.2, -0.15) is 0 Å². The number of methoxy groups -OCH3 is 2. The standard InChI is InChI=1S/C27H37NO5S/c1-32-24-17-15-22(16-18-24)21-34(30,31)28-20-23(27-25(28)13-11-14-26(27)33-2)12-9-7-5-3-4-6-8-10-19-29/h11,13-18,20,29H,3-10,12,19,21H2,1-2H3. The number of ether oxygens (including phenoxy) is 2. The SMILES string of the molecule is COc1ccc(CS(=O)(=O)n2cc(CCCCCCCCCCO)c3c(OC)cccc32)cc1. The van der Waals surface area contributed by atoms with Crippen LogP contribution in [0.3, 0.4) is 0 Å². The van der Waals surface area contributed by atoms with E-state index in [2.05, 4.69) is 0 Å². The lowest BCUT2D eigenvalue weighted by Crippen LogP contribution is -2.14.